The molecule has 0 aromatic carbocycles. The Hall–Kier alpha value is -1.99. The minimum atomic E-state index is -0.0660. The van der Waals surface area contributed by atoms with Gasteiger partial charge in [-0.05, 0) is 39.3 Å². The Kier molecular flexibility index (Phi) is 6.50. The van der Waals surface area contributed by atoms with Crippen LogP contribution < -0.4 is 16.6 Å². The van der Waals surface area contributed by atoms with E-state index in [0.29, 0.717) is 10.8 Å². The molecular weight excluding hydrogens is 352 g/mol. The van der Waals surface area contributed by atoms with Gasteiger partial charge in [0, 0.05) is 23.0 Å². The number of nitrogens with zero attached hydrogens (tertiary/aromatic N) is 2. The Morgan fingerprint density at radius 2 is 2.16 bits per heavy atom. The molecular formula is C18H24N4OS2. The molecule has 0 aliphatic carbocycles. The van der Waals surface area contributed by atoms with E-state index < -0.39 is 0 Å². The molecule has 0 saturated carbocycles. The van der Waals surface area contributed by atoms with Gasteiger partial charge in [0.25, 0.3) is 5.56 Å². The number of aryl methyl sites for hydroxylation is 1. The summed E-state index contributed by atoms with van der Waals surface area (Å²) in [6.45, 7) is 8.05. The molecule has 0 amide bonds. The first-order chi connectivity index (χ1) is 11.8. The summed E-state index contributed by atoms with van der Waals surface area (Å²) in [7, 11) is 1.76. The van der Waals surface area contributed by atoms with Crippen LogP contribution >= 0.6 is 23.1 Å². The van der Waals surface area contributed by atoms with Crippen molar-refractivity contribution in [3.63, 3.8) is 0 Å². The molecule has 25 heavy (non-hydrogen) atoms. The van der Waals surface area contributed by atoms with Gasteiger partial charge in [0.05, 0.1) is 10.7 Å². The molecule has 0 bridgehead atoms. The molecule has 5 nitrogen and oxygen atoms in total. The van der Waals surface area contributed by atoms with Crippen molar-refractivity contribution in [2.75, 3.05) is 5.32 Å². The maximum Gasteiger partial charge on any atom is 0.274 e. The van der Waals surface area contributed by atoms with Crippen LogP contribution in [0.5, 0.6) is 0 Å². The summed E-state index contributed by atoms with van der Waals surface area (Å²) >= 11 is 3.00. The molecule has 134 valence electrons. The second kappa shape index (κ2) is 8.40. The van der Waals surface area contributed by atoms with Crippen LogP contribution in [0, 0.1) is 6.92 Å². The van der Waals surface area contributed by atoms with Crippen molar-refractivity contribution in [2.24, 2.45) is 12.8 Å². The lowest BCUT2D eigenvalue weighted by atomic mass is 10.3. The van der Waals surface area contributed by atoms with Crippen LogP contribution in [0.1, 0.15) is 38.6 Å². The van der Waals surface area contributed by atoms with Crippen molar-refractivity contribution >= 4 is 38.8 Å². The van der Waals surface area contributed by atoms with E-state index in [9.17, 15) is 4.79 Å². The highest BCUT2D eigenvalue weighted by molar-refractivity contribution is 8.11. The number of aromatic nitrogens is 2. The summed E-state index contributed by atoms with van der Waals surface area (Å²) in [4.78, 5) is 18.0. The fraction of sp³-hybridized carbons (Fsp3) is 0.333. The van der Waals surface area contributed by atoms with Crippen molar-refractivity contribution in [2.45, 2.75) is 34.1 Å². The molecule has 2 heterocycles. The lowest BCUT2D eigenvalue weighted by Gasteiger charge is -2.08. The number of rotatable bonds is 6. The van der Waals surface area contributed by atoms with Crippen LogP contribution in [0.3, 0.4) is 0 Å². The Labute approximate surface area is 156 Å². The topological polar surface area (TPSA) is 72.9 Å². The van der Waals surface area contributed by atoms with Gasteiger partial charge in [-0.2, -0.15) is 0 Å². The van der Waals surface area contributed by atoms with E-state index in [2.05, 4.69) is 17.2 Å². The van der Waals surface area contributed by atoms with Crippen molar-refractivity contribution < 1.29 is 0 Å². The van der Waals surface area contributed by atoms with Crippen LogP contribution in [-0.4, -0.2) is 9.55 Å². The molecule has 0 fully saturated rings. The number of thiazole rings is 1. The summed E-state index contributed by atoms with van der Waals surface area (Å²) in [5.74, 6) is 0. The molecule has 0 spiro atoms. The molecule has 0 aliphatic rings. The normalized spacial score (nSPS) is 11.5. The Morgan fingerprint density at radius 1 is 1.44 bits per heavy atom. The number of nitrogens with one attached hydrogen (secondary N) is 1. The number of anilines is 2. The third kappa shape index (κ3) is 4.76. The number of nitrogens with two attached hydrogens (primary N) is 1. The van der Waals surface area contributed by atoms with Crippen LogP contribution in [0.2, 0.25) is 0 Å². The highest BCUT2D eigenvalue weighted by Crippen LogP contribution is 2.36. The summed E-state index contributed by atoms with van der Waals surface area (Å²) in [5.41, 5.74) is 9.44. The number of hydrogen-bond donors (Lipinski definition) is 2. The van der Waals surface area contributed by atoms with E-state index in [1.54, 1.807) is 17.7 Å². The molecule has 0 radical (unpaired) electrons. The summed E-state index contributed by atoms with van der Waals surface area (Å²) < 4.78 is 1.62. The van der Waals surface area contributed by atoms with E-state index in [4.69, 9.17) is 5.73 Å². The number of thioether (sulfide) groups is 1. The van der Waals surface area contributed by atoms with Crippen LogP contribution in [0.25, 0.3) is 4.91 Å². The maximum absolute atomic E-state index is 12.3. The Bertz CT molecular complexity index is 873. The van der Waals surface area contributed by atoms with E-state index >= 15 is 0 Å². The molecule has 2 aromatic rings. The Morgan fingerprint density at radius 3 is 2.80 bits per heavy atom. The quantitative estimate of drug-likeness (QED) is 0.771. The predicted molar refractivity (Wildman–Crippen MR) is 110 cm³/mol. The Balaban J connectivity index is 2.27. The van der Waals surface area contributed by atoms with Crippen LogP contribution in [-0.2, 0) is 7.05 Å². The van der Waals surface area contributed by atoms with Crippen molar-refractivity contribution in [1.29, 1.82) is 0 Å². The molecule has 2 aromatic heterocycles. The molecule has 3 N–H and O–H groups in total. The molecule has 7 heteroatoms. The molecule has 2 rings (SSSR count). The third-order valence-corrected chi connectivity index (χ3v) is 5.59. The summed E-state index contributed by atoms with van der Waals surface area (Å²) in [6.07, 6.45) is 2.89. The first kappa shape index (κ1) is 19.3. The predicted octanol–water partition coefficient (Wildman–Crippen LogP) is 4.59. The molecule has 0 atom stereocenters. The van der Waals surface area contributed by atoms with Crippen LogP contribution in [0.4, 0.5) is 10.8 Å². The van der Waals surface area contributed by atoms with Gasteiger partial charge in [0.15, 0.2) is 5.13 Å². The third-order valence-electron chi connectivity index (χ3n) is 3.61. The number of pyridine rings is 1. The van der Waals surface area contributed by atoms with Gasteiger partial charge < -0.3 is 15.6 Å². The zero-order valence-electron chi connectivity index (χ0n) is 15.2. The average molecular weight is 377 g/mol. The van der Waals surface area contributed by atoms with Gasteiger partial charge in [-0.1, -0.05) is 30.3 Å². The SMILES string of the molecule is CC/C=C(\N)SC(=C(C)C)c1csc(Nc2ccc(C)n(C)c2=O)n1. The van der Waals surface area contributed by atoms with E-state index in [1.807, 2.05) is 38.3 Å². The van der Waals surface area contributed by atoms with Gasteiger partial charge >= 0.3 is 0 Å². The lowest BCUT2D eigenvalue weighted by molar-refractivity contribution is 0.821. The molecule has 0 saturated heterocycles. The number of allylic oxidation sites excluding steroid dienone is 2. The minimum absolute atomic E-state index is 0.0660. The highest BCUT2D eigenvalue weighted by Gasteiger charge is 2.12. The van der Waals surface area contributed by atoms with Crippen LogP contribution in [0.15, 0.2) is 39.0 Å². The van der Waals surface area contributed by atoms with E-state index in [-0.39, 0.29) is 5.56 Å². The molecule has 0 aliphatic heterocycles. The second-order valence-electron chi connectivity index (χ2n) is 5.86. The molecule has 0 unspecified atom stereocenters. The average Bonchev–Trinajstić information content (AvgIpc) is 3.01. The standard InChI is InChI=1S/C18H24N4OS2/c1-6-7-15(19)25-16(11(2)3)14-10-24-18(21-14)20-13-9-8-12(4)22(5)17(13)23/h7-10H,6,19H2,1-5H3,(H,20,21)/b15-7+. The van der Waals surface area contributed by atoms with Gasteiger partial charge in [-0.15, -0.1) is 11.3 Å². The fourth-order valence-corrected chi connectivity index (χ4v) is 3.83. The van der Waals surface area contributed by atoms with Crippen molar-refractivity contribution in [3.05, 3.63) is 55.9 Å². The fourth-order valence-electron chi connectivity index (χ4n) is 2.14. The van der Waals surface area contributed by atoms with E-state index in [0.717, 1.165) is 33.3 Å². The largest absolute Gasteiger partial charge is 0.394 e. The van der Waals surface area contributed by atoms with Gasteiger partial charge in [-0.25, -0.2) is 4.98 Å². The number of hydrogen-bond acceptors (Lipinski definition) is 6. The minimum Gasteiger partial charge on any atom is -0.394 e. The zero-order valence-corrected chi connectivity index (χ0v) is 16.8. The van der Waals surface area contributed by atoms with Crippen molar-refractivity contribution in [1.82, 2.24) is 9.55 Å². The second-order valence-corrected chi connectivity index (χ2v) is 7.80. The smallest absolute Gasteiger partial charge is 0.274 e. The summed E-state index contributed by atoms with van der Waals surface area (Å²) in [5, 5.41) is 6.57. The maximum atomic E-state index is 12.3. The highest BCUT2D eigenvalue weighted by atomic mass is 32.2. The van der Waals surface area contributed by atoms with Crippen molar-refractivity contribution in [3.8, 4) is 0 Å². The van der Waals surface area contributed by atoms with Gasteiger partial charge in [0.2, 0.25) is 0 Å². The monoisotopic (exact) mass is 376 g/mol. The summed E-state index contributed by atoms with van der Waals surface area (Å²) in [6, 6.07) is 3.70. The van der Waals surface area contributed by atoms with Gasteiger partial charge in [-0.3, -0.25) is 4.79 Å². The first-order valence-corrected chi connectivity index (χ1v) is 9.73. The first-order valence-electron chi connectivity index (χ1n) is 8.04. The van der Waals surface area contributed by atoms with E-state index in [1.165, 1.54) is 23.1 Å². The zero-order chi connectivity index (χ0) is 18.6. The van der Waals surface area contributed by atoms with Gasteiger partial charge in [0.1, 0.15) is 5.69 Å². The lowest BCUT2D eigenvalue weighted by Crippen LogP contribution is -2.21.